The van der Waals surface area contributed by atoms with Gasteiger partial charge in [-0.25, -0.2) is 27.6 Å². The van der Waals surface area contributed by atoms with E-state index in [0.717, 1.165) is 50.7 Å². The maximum absolute atomic E-state index is 12.6. The molecule has 5 heterocycles. The monoisotopic (exact) mass is 1970 g/mol. The summed E-state index contributed by atoms with van der Waals surface area (Å²) in [6, 6.07) is 59.3. The Hall–Kier alpha value is -17.4. The van der Waals surface area contributed by atoms with E-state index < -0.39 is 130 Å². The first kappa shape index (κ1) is 103. The lowest BCUT2D eigenvalue weighted by atomic mass is 10.0. The number of aromatic nitrogens is 5. The molecule has 15 N–H and O–H groups in total. The number of benzene rings is 9. The largest absolute Gasteiger partial charge is 0.483 e. The Morgan fingerprint density at radius 1 is 0.399 bits per heavy atom. The van der Waals surface area contributed by atoms with Crippen LogP contribution in [0.5, 0.6) is 28.7 Å². The van der Waals surface area contributed by atoms with Gasteiger partial charge in [-0.2, -0.15) is 0 Å². The molecule has 0 saturated heterocycles. The molecule has 714 valence electrons. The van der Waals surface area contributed by atoms with E-state index in [9.17, 15) is 85.7 Å². The van der Waals surface area contributed by atoms with Crippen molar-refractivity contribution in [2.75, 3.05) is 39.3 Å². The van der Waals surface area contributed by atoms with Gasteiger partial charge >= 0.3 is 23.9 Å². The molecule has 0 bridgehead atoms. The number of allylic oxidation sites excluding steroid dienone is 1. The highest BCUT2D eigenvalue weighted by molar-refractivity contribution is 9.10. The number of aliphatic carboxylic acids is 4. The molecule has 0 radical (unpaired) electrons. The van der Waals surface area contributed by atoms with E-state index in [-0.39, 0.29) is 80.5 Å². The third kappa shape index (κ3) is 24.4. The second kappa shape index (κ2) is 45.4. The van der Waals surface area contributed by atoms with Crippen molar-refractivity contribution in [1.29, 1.82) is 0 Å². The van der Waals surface area contributed by atoms with Crippen LogP contribution in [0.3, 0.4) is 0 Å². The summed E-state index contributed by atoms with van der Waals surface area (Å²) in [5.41, 5.74) is 36.3. The Kier molecular flexibility index (Phi) is 33.8. The van der Waals surface area contributed by atoms with Crippen molar-refractivity contribution in [2.45, 2.75) is 73.8 Å². The normalized spacial score (nSPS) is 10.8. The number of hydrogen-bond acceptors (Lipinski definition) is 23. The number of halogens is 1. The smallest absolute Gasteiger partial charge is 0.341 e. The topological polar surface area (TPSA) is 610 Å². The van der Waals surface area contributed by atoms with Gasteiger partial charge in [0.25, 0.3) is 58.4 Å². The summed E-state index contributed by atoms with van der Waals surface area (Å²) in [6.07, 6.45) is 2.57. The van der Waals surface area contributed by atoms with Crippen LogP contribution in [0, 0.1) is 44.7 Å². The van der Waals surface area contributed by atoms with E-state index in [4.69, 9.17) is 72.8 Å². The lowest BCUT2D eigenvalue weighted by molar-refractivity contribution is -0.383. The summed E-state index contributed by atoms with van der Waals surface area (Å²) < 4.78 is 60.8. The zero-order valence-electron chi connectivity index (χ0n) is 74.7. The first-order valence-corrected chi connectivity index (χ1v) is 44.0. The number of Topliss-reactive ketones (excluding diaryl/α,β-unsaturated/α-hetero) is 4. The predicted molar refractivity (Wildman–Crippen MR) is 508 cm³/mol. The summed E-state index contributed by atoms with van der Waals surface area (Å²) >= 11 is 3.33. The zero-order valence-corrected chi connectivity index (χ0v) is 77.1. The number of carboxylic acid groups (broad SMARTS) is 4. The van der Waals surface area contributed by atoms with Crippen LogP contribution >= 0.6 is 15.9 Å². The minimum atomic E-state index is -3.74. The molecule has 0 aliphatic heterocycles. The van der Waals surface area contributed by atoms with Crippen LogP contribution in [0.25, 0.3) is 54.5 Å². The summed E-state index contributed by atoms with van der Waals surface area (Å²) in [5.74, 6) is -13.2. The molecule has 0 aliphatic carbocycles. The summed E-state index contributed by atoms with van der Waals surface area (Å²) in [7, 11) is -3.74. The SMILES string of the molecule is C=CCn1c(C)c(C(=O)C(N)=O)c2c(OCC(=O)O)cccc21.Cc1c(C(=O)C(N)=O)c2c(OCC(=O)NS(C)(=O)=O)cccc2n1Cc1ccccc1.Cc1c(C(=O)C(N)=O)c2c(OCC(=O)O)c(Br)ccc2n1Cc1ccccc1.Cc1c(C(=O)C(N)=O)c2c(OCC(=O)O)ccc([N+](=O)[O-])c2n1Cc1ccccc1.Cc1c(CC(N)=O)c2c(OCC(=O)O)cccc2n1Cc1ccccc1. The van der Waals surface area contributed by atoms with Gasteiger partial charge in [0.1, 0.15) is 34.3 Å². The number of ketones is 4. The van der Waals surface area contributed by atoms with Gasteiger partial charge in [0.15, 0.2) is 33.0 Å². The number of nitrogens with zero attached hydrogens (tertiary/aromatic N) is 6. The minimum Gasteiger partial charge on any atom is -0.483 e. The van der Waals surface area contributed by atoms with E-state index in [2.05, 4.69) is 27.1 Å². The van der Waals surface area contributed by atoms with Crippen molar-refractivity contribution < 1.29 is 125 Å². The number of ether oxygens (including phenoxy) is 5. The van der Waals surface area contributed by atoms with Crippen LogP contribution < -0.4 is 57.1 Å². The first-order chi connectivity index (χ1) is 65.5. The van der Waals surface area contributed by atoms with Gasteiger partial charge in [-0.15, -0.1) is 6.58 Å². The van der Waals surface area contributed by atoms with Gasteiger partial charge in [0.05, 0.1) is 87.9 Å². The number of carbonyl (C=O) groups excluding carboxylic acids is 10. The Bertz CT molecular complexity index is 7330. The molecule has 41 heteroatoms. The van der Waals surface area contributed by atoms with Gasteiger partial charge < -0.3 is 95.6 Å². The average molecular weight is 1970 g/mol. The number of fused-ring (bicyclic) bond motifs is 5. The number of nitro groups is 1. The second-order valence-electron chi connectivity index (χ2n) is 30.6. The van der Waals surface area contributed by atoms with Crippen LogP contribution in [0.4, 0.5) is 5.69 Å². The Labute approximate surface area is 792 Å². The van der Waals surface area contributed by atoms with Gasteiger partial charge in [-0.1, -0.05) is 146 Å². The molecule has 0 unspecified atom stereocenters. The number of nitro benzene ring substituents is 1. The third-order valence-electron chi connectivity index (χ3n) is 21.3. The number of amides is 6. The van der Waals surface area contributed by atoms with Crippen molar-refractivity contribution in [2.24, 2.45) is 28.7 Å². The molecule has 6 amide bonds. The van der Waals surface area contributed by atoms with Crippen molar-refractivity contribution in [3.63, 3.8) is 0 Å². The number of rotatable bonds is 37. The van der Waals surface area contributed by atoms with Crippen molar-refractivity contribution in [1.82, 2.24) is 27.6 Å². The Balaban J connectivity index is 0.000000179. The second-order valence-corrected chi connectivity index (χ2v) is 33.2. The third-order valence-corrected chi connectivity index (χ3v) is 22.5. The fourth-order valence-corrected chi connectivity index (χ4v) is 16.5. The van der Waals surface area contributed by atoms with Crippen molar-refractivity contribution in [3.05, 3.63) is 306 Å². The van der Waals surface area contributed by atoms with E-state index in [0.29, 0.717) is 86.2 Å². The van der Waals surface area contributed by atoms with Gasteiger partial charge in [-0.3, -0.25) is 62.8 Å². The molecular weight excluding hydrogens is 1880 g/mol. The van der Waals surface area contributed by atoms with Gasteiger partial charge in [0.2, 0.25) is 15.9 Å². The van der Waals surface area contributed by atoms with Crippen LogP contribution in [0.1, 0.15) is 97.7 Å². The molecule has 9 aromatic carbocycles. The molecule has 0 saturated carbocycles. The lowest BCUT2D eigenvalue weighted by Gasteiger charge is -2.11. The number of sulfonamides is 1. The number of hydrogen-bond donors (Lipinski definition) is 10. The number of carbonyl (C=O) groups is 14. The Morgan fingerprint density at radius 3 is 1.09 bits per heavy atom. The molecule has 0 aliphatic rings. The van der Waals surface area contributed by atoms with E-state index >= 15 is 0 Å². The van der Waals surface area contributed by atoms with Crippen LogP contribution in [0.2, 0.25) is 0 Å². The standard InChI is InChI=1S/C21H21N3O6S.C20H17BrN2O5.C20H17N3O7.C20H20N2O4.C16H16N2O5/c1-13-18(20(26)21(22)27)19-15(24(13)11-14-7-4-3-5-8-14)9-6-10-16(19)30-12-17(25)23-31(2,28)29;1-11-16(18(26)20(22)27)17-14(23(11)9-12-5-3-2-4-6-12)8-7-13(21)19(17)28-10-15(24)25;1-11-16(19(26)20(21)27)17-14(30-10-15(24)25)8-7-13(23(28)29)18(17)22(11)9-12-5-3-2-4-6-12;1-13-15(10-18(21)23)20-16(8-5-9-17(20)26-12-19(24)25)22(13)11-14-6-3-2-4-7-14;1-3-7-18-9(2)13(15(21)16(17)22)14-10(18)5-4-6-11(14)23-8-12(19)20/h3-10H,11-12H2,1-2H3,(H2,22,27)(H,23,25);2-8H,9-10H2,1H3,(H2,22,27)(H,24,25);2-8H,9-10H2,1H3,(H2,21,27)(H,24,25);2-9H,10-12H2,1H3,(H2,21,23)(H,24,25);3-6H,1,7-8H2,2H3,(H2,17,22)(H,19,20). The number of non-ortho nitro benzene ring substituents is 1. The van der Waals surface area contributed by atoms with Crippen LogP contribution in [0.15, 0.2) is 217 Å². The van der Waals surface area contributed by atoms with Gasteiger partial charge in [0, 0.05) is 72.6 Å². The zero-order chi connectivity index (χ0) is 101. The molecule has 0 atom stereocenters. The highest BCUT2D eigenvalue weighted by Gasteiger charge is 2.34. The number of primary amides is 5. The predicted octanol–water partition coefficient (Wildman–Crippen LogP) is 9.81. The quantitative estimate of drug-likeness (QED) is 0.00569. The minimum absolute atomic E-state index is 0.0253. The maximum Gasteiger partial charge on any atom is 0.341 e. The van der Waals surface area contributed by atoms with E-state index in [1.54, 1.807) is 109 Å². The van der Waals surface area contributed by atoms with Gasteiger partial charge in [-0.05, 0) is 133 Å². The molecule has 0 spiro atoms. The first-order valence-electron chi connectivity index (χ1n) is 41.4. The number of nitrogens with two attached hydrogens (primary N) is 5. The summed E-state index contributed by atoms with van der Waals surface area (Å²) in [4.78, 5) is 174. The molecule has 14 rings (SSSR count). The molecule has 14 aromatic rings. The highest BCUT2D eigenvalue weighted by atomic mass is 79.9. The molecule has 39 nitrogen and oxygen atoms in total. The molecule has 0 fully saturated rings. The van der Waals surface area contributed by atoms with Crippen molar-refractivity contribution in [3.8, 4) is 28.7 Å². The lowest BCUT2D eigenvalue weighted by Crippen LogP contribution is -2.33. The number of carboxylic acids is 4. The van der Waals surface area contributed by atoms with Crippen molar-refractivity contribution >= 4 is 169 Å². The van der Waals surface area contributed by atoms with Crippen LogP contribution in [-0.4, -0.2) is 178 Å². The highest BCUT2D eigenvalue weighted by Crippen LogP contribution is 2.44. The number of nitrogens with one attached hydrogen (secondary N) is 1. The maximum atomic E-state index is 12.6. The fourth-order valence-electron chi connectivity index (χ4n) is 15.6. The summed E-state index contributed by atoms with van der Waals surface area (Å²) in [5, 5.41) is 49.1. The van der Waals surface area contributed by atoms with E-state index in [1.807, 2.05) is 125 Å². The molecule has 5 aromatic heterocycles. The fraction of sp³-hybridized carbons (Fsp3) is 0.175. The van der Waals surface area contributed by atoms with Crippen LogP contribution in [-0.2, 0) is 97.1 Å². The van der Waals surface area contributed by atoms with E-state index in [1.165, 1.54) is 29.7 Å². The molecule has 138 heavy (non-hydrogen) atoms. The molecular formula is C97H91BrN12O27S. The summed E-state index contributed by atoms with van der Waals surface area (Å²) in [6.45, 7) is 11.4. The Morgan fingerprint density at radius 2 is 0.717 bits per heavy atom. The average Bonchev–Trinajstić information content (AvgIpc) is 1.56.